The van der Waals surface area contributed by atoms with E-state index in [4.69, 9.17) is 32.5 Å². The number of amides is 1. The fourth-order valence-corrected chi connectivity index (χ4v) is 3.33. The molecule has 0 unspecified atom stereocenters. The number of hydrogen-bond donors (Lipinski definition) is 1. The van der Waals surface area contributed by atoms with Crippen molar-refractivity contribution in [3.63, 3.8) is 0 Å². The molecule has 1 N–H and O–H groups in total. The second kappa shape index (κ2) is 7.97. The third-order valence-corrected chi connectivity index (χ3v) is 4.70. The largest absolute Gasteiger partial charge is 0.482 e. The van der Waals surface area contributed by atoms with Gasteiger partial charge in [0.25, 0.3) is 5.91 Å². The number of nitrogens with zero attached hydrogens (tertiary/aromatic N) is 2. The molecule has 0 aliphatic carbocycles. The molecule has 1 fully saturated rings. The van der Waals surface area contributed by atoms with E-state index in [1.807, 2.05) is 0 Å². The van der Waals surface area contributed by atoms with Crippen LogP contribution in [0.15, 0.2) is 28.8 Å². The van der Waals surface area contributed by atoms with Crippen LogP contribution in [0.1, 0.15) is 35.5 Å². The molecule has 0 radical (unpaired) electrons. The van der Waals surface area contributed by atoms with E-state index in [2.05, 4.69) is 5.16 Å². The van der Waals surface area contributed by atoms with Crippen molar-refractivity contribution in [2.45, 2.75) is 31.9 Å². The molecule has 0 spiro atoms. The highest BCUT2D eigenvalue weighted by Crippen LogP contribution is 2.33. The lowest BCUT2D eigenvalue weighted by Gasteiger charge is -2.32. The molecule has 0 bridgehead atoms. The van der Waals surface area contributed by atoms with E-state index in [0.29, 0.717) is 34.5 Å². The van der Waals surface area contributed by atoms with Gasteiger partial charge in [-0.15, -0.1) is 0 Å². The predicted molar refractivity (Wildman–Crippen MR) is 93.6 cm³/mol. The monoisotopic (exact) mass is 398 g/mol. The SMILES string of the molecule is O=C(O)[C@H]1CCCCN1C(=O)c1cc(COc2c(Cl)cccc2Cl)on1. The summed E-state index contributed by atoms with van der Waals surface area (Å²) in [4.78, 5) is 25.2. The number of aromatic nitrogens is 1. The third-order valence-electron chi connectivity index (χ3n) is 4.10. The molecule has 9 heteroatoms. The highest BCUT2D eigenvalue weighted by molar-refractivity contribution is 6.37. The van der Waals surface area contributed by atoms with Crippen molar-refractivity contribution < 1.29 is 24.0 Å². The first-order valence-corrected chi connectivity index (χ1v) is 8.79. The van der Waals surface area contributed by atoms with Gasteiger partial charge in [0.15, 0.2) is 17.2 Å². The van der Waals surface area contributed by atoms with E-state index < -0.39 is 17.9 Å². The number of benzene rings is 1. The fourth-order valence-electron chi connectivity index (χ4n) is 2.82. The summed E-state index contributed by atoms with van der Waals surface area (Å²) in [7, 11) is 0. The Bertz CT molecular complexity index is 803. The zero-order valence-electron chi connectivity index (χ0n) is 13.7. The molecule has 1 amide bonds. The number of ether oxygens (including phenoxy) is 1. The Morgan fingerprint density at radius 1 is 1.31 bits per heavy atom. The molecule has 3 rings (SSSR count). The minimum Gasteiger partial charge on any atom is -0.482 e. The quantitative estimate of drug-likeness (QED) is 0.825. The average Bonchev–Trinajstić information content (AvgIpc) is 3.09. The lowest BCUT2D eigenvalue weighted by atomic mass is 10.0. The molecule has 1 aliphatic rings. The smallest absolute Gasteiger partial charge is 0.326 e. The van der Waals surface area contributed by atoms with E-state index in [-0.39, 0.29) is 12.3 Å². The van der Waals surface area contributed by atoms with Gasteiger partial charge in [-0.2, -0.15) is 0 Å². The second-order valence-corrected chi connectivity index (χ2v) is 6.68. The van der Waals surface area contributed by atoms with E-state index >= 15 is 0 Å². The number of halogens is 2. The molecule has 1 aliphatic heterocycles. The van der Waals surface area contributed by atoms with Gasteiger partial charge in [0.1, 0.15) is 12.6 Å². The van der Waals surface area contributed by atoms with Crippen LogP contribution < -0.4 is 4.74 Å². The number of carbonyl (C=O) groups excluding carboxylic acids is 1. The Morgan fingerprint density at radius 2 is 2.04 bits per heavy atom. The van der Waals surface area contributed by atoms with Crippen molar-refractivity contribution in [3.05, 3.63) is 45.8 Å². The lowest BCUT2D eigenvalue weighted by molar-refractivity contribution is -0.143. The van der Waals surface area contributed by atoms with Crippen LogP contribution in [0.2, 0.25) is 10.0 Å². The van der Waals surface area contributed by atoms with Crippen molar-refractivity contribution in [1.29, 1.82) is 0 Å². The van der Waals surface area contributed by atoms with Gasteiger partial charge in [0.05, 0.1) is 10.0 Å². The lowest BCUT2D eigenvalue weighted by Crippen LogP contribution is -2.48. The summed E-state index contributed by atoms with van der Waals surface area (Å²) < 4.78 is 10.7. The van der Waals surface area contributed by atoms with Gasteiger partial charge in [-0.25, -0.2) is 4.79 Å². The molecule has 1 saturated heterocycles. The van der Waals surface area contributed by atoms with E-state index in [9.17, 15) is 14.7 Å². The molecule has 26 heavy (non-hydrogen) atoms. The van der Waals surface area contributed by atoms with Gasteiger partial charge in [-0.05, 0) is 31.4 Å². The van der Waals surface area contributed by atoms with Crippen LogP contribution in [-0.4, -0.2) is 39.6 Å². The topological polar surface area (TPSA) is 92.9 Å². The Hall–Kier alpha value is -2.25. The number of carbonyl (C=O) groups is 2. The maximum atomic E-state index is 12.6. The van der Waals surface area contributed by atoms with Crippen LogP contribution in [-0.2, 0) is 11.4 Å². The molecule has 7 nitrogen and oxygen atoms in total. The number of carboxylic acids is 1. The van der Waals surface area contributed by atoms with Gasteiger partial charge in [-0.1, -0.05) is 34.4 Å². The first-order chi connectivity index (χ1) is 12.5. The molecule has 1 aromatic heterocycles. The first-order valence-electron chi connectivity index (χ1n) is 8.03. The Kier molecular flexibility index (Phi) is 5.68. The molecule has 1 aromatic carbocycles. The Balaban J connectivity index is 1.69. The molecular formula is C17H16Cl2N2O5. The standard InChI is InChI=1S/C17H16Cl2N2O5/c18-11-4-3-5-12(19)15(11)25-9-10-8-13(20-26-10)16(22)21-7-2-1-6-14(21)17(23)24/h3-5,8,14H,1-2,6-7,9H2,(H,23,24)/t14-/m1/s1. The zero-order chi connectivity index (χ0) is 18.7. The molecule has 138 valence electrons. The van der Waals surface area contributed by atoms with Crippen LogP contribution >= 0.6 is 23.2 Å². The summed E-state index contributed by atoms with van der Waals surface area (Å²) in [5.41, 5.74) is 0.0435. The van der Waals surface area contributed by atoms with E-state index in [1.165, 1.54) is 11.0 Å². The van der Waals surface area contributed by atoms with Gasteiger partial charge in [-0.3, -0.25) is 4.79 Å². The van der Waals surface area contributed by atoms with Crippen LogP contribution in [0.3, 0.4) is 0 Å². The highest BCUT2D eigenvalue weighted by atomic mass is 35.5. The molecule has 2 aromatic rings. The summed E-state index contributed by atoms with van der Waals surface area (Å²) in [6.45, 7) is 0.357. The molecule has 2 heterocycles. The van der Waals surface area contributed by atoms with Crippen LogP contribution in [0, 0.1) is 0 Å². The fraction of sp³-hybridized carbons (Fsp3) is 0.353. The third kappa shape index (κ3) is 3.94. The van der Waals surface area contributed by atoms with Crippen LogP contribution in [0.25, 0.3) is 0 Å². The normalized spacial score (nSPS) is 17.2. The summed E-state index contributed by atoms with van der Waals surface area (Å²) in [5, 5.41) is 13.7. The first kappa shape index (κ1) is 18.5. The van der Waals surface area contributed by atoms with Crippen molar-refractivity contribution >= 4 is 35.1 Å². The number of rotatable bonds is 5. The van der Waals surface area contributed by atoms with Crippen molar-refractivity contribution in [3.8, 4) is 5.75 Å². The number of para-hydroxylation sites is 1. The zero-order valence-corrected chi connectivity index (χ0v) is 15.2. The van der Waals surface area contributed by atoms with E-state index in [0.717, 1.165) is 12.8 Å². The van der Waals surface area contributed by atoms with Gasteiger partial charge < -0.3 is 19.3 Å². The van der Waals surface area contributed by atoms with Gasteiger partial charge in [0.2, 0.25) is 0 Å². The number of likely N-dealkylation sites (tertiary alicyclic amines) is 1. The second-order valence-electron chi connectivity index (χ2n) is 5.87. The summed E-state index contributed by atoms with van der Waals surface area (Å²) in [5.74, 6) is -0.878. The maximum absolute atomic E-state index is 12.6. The Labute approximate surface area is 159 Å². The summed E-state index contributed by atoms with van der Waals surface area (Å²) in [6.07, 6.45) is 1.96. The average molecular weight is 399 g/mol. The van der Waals surface area contributed by atoms with E-state index in [1.54, 1.807) is 18.2 Å². The number of hydrogen-bond acceptors (Lipinski definition) is 5. The van der Waals surface area contributed by atoms with Crippen LogP contribution in [0.4, 0.5) is 0 Å². The maximum Gasteiger partial charge on any atom is 0.326 e. The number of carboxylic acid groups (broad SMARTS) is 1. The molecule has 0 saturated carbocycles. The molecule has 1 atom stereocenters. The van der Waals surface area contributed by atoms with Crippen LogP contribution in [0.5, 0.6) is 5.75 Å². The summed E-state index contributed by atoms with van der Waals surface area (Å²) >= 11 is 12.1. The highest BCUT2D eigenvalue weighted by Gasteiger charge is 2.33. The number of piperidine rings is 1. The van der Waals surface area contributed by atoms with Gasteiger partial charge >= 0.3 is 5.97 Å². The van der Waals surface area contributed by atoms with Crippen molar-refractivity contribution in [2.75, 3.05) is 6.54 Å². The Morgan fingerprint density at radius 3 is 2.73 bits per heavy atom. The van der Waals surface area contributed by atoms with Crippen molar-refractivity contribution in [2.24, 2.45) is 0 Å². The molecular weight excluding hydrogens is 383 g/mol. The van der Waals surface area contributed by atoms with Crippen molar-refractivity contribution in [1.82, 2.24) is 10.1 Å². The minimum absolute atomic E-state index is 0.0217. The summed E-state index contributed by atoms with van der Waals surface area (Å²) in [6, 6.07) is 5.57. The number of aliphatic carboxylic acids is 1. The van der Waals surface area contributed by atoms with Gasteiger partial charge in [0, 0.05) is 12.6 Å². The predicted octanol–water partition coefficient (Wildman–Crippen LogP) is 3.64. The minimum atomic E-state index is -1.02.